The smallest absolute Gasteiger partial charge is 0.323 e. The van der Waals surface area contributed by atoms with Gasteiger partial charge in [0.1, 0.15) is 11.6 Å². The molecule has 0 saturated carbocycles. The maximum Gasteiger partial charge on any atom is 0.323 e. The molecule has 0 aromatic heterocycles. The van der Waals surface area contributed by atoms with Gasteiger partial charge in [-0.2, -0.15) is 0 Å². The van der Waals surface area contributed by atoms with Gasteiger partial charge in [0.05, 0.1) is 6.04 Å². The third kappa shape index (κ3) is 7.70. The Morgan fingerprint density at radius 3 is 2.00 bits per heavy atom. The highest BCUT2D eigenvalue weighted by atomic mass is 16.6. The van der Waals surface area contributed by atoms with E-state index in [1.807, 2.05) is 0 Å². The van der Waals surface area contributed by atoms with E-state index in [-0.39, 0.29) is 0 Å². The fourth-order valence-corrected chi connectivity index (χ4v) is 1.20. The summed E-state index contributed by atoms with van der Waals surface area (Å²) in [5, 5.41) is 0. The molecule has 6 nitrogen and oxygen atoms in total. The molecule has 1 amide bonds. The molecular weight excluding hydrogens is 222 g/mol. The van der Waals surface area contributed by atoms with E-state index < -0.39 is 29.6 Å². The highest BCUT2D eigenvalue weighted by Crippen LogP contribution is 2.10. The summed E-state index contributed by atoms with van der Waals surface area (Å²) in [5.41, 5.74) is 15.6. The molecule has 1 unspecified atom stereocenters. The molecule has 6 heteroatoms. The van der Waals surface area contributed by atoms with Gasteiger partial charge in [0, 0.05) is 0 Å². The predicted molar refractivity (Wildman–Crippen MR) is 64.8 cm³/mol. The Morgan fingerprint density at radius 1 is 1.12 bits per heavy atom. The monoisotopic (exact) mass is 245 g/mol. The van der Waals surface area contributed by atoms with Crippen LogP contribution in [0.25, 0.3) is 0 Å². The van der Waals surface area contributed by atoms with Crippen molar-refractivity contribution in [2.45, 2.75) is 57.7 Å². The Bertz CT molecular complexity index is 274. The lowest BCUT2D eigenvalue weighted by Gasteiger charge is -2.22. The summed E-state index contributed by atoms with van der Waals surface area (Å²) in [6.45, 7) is 5.34. The van der Waals surface area contributed by atoms with E-state index in [0.717, 1.165) is 0 Å². The zero-order valence-electron chi connectivity index (χ0n) is 10.7. The lowest BCUT2D eigenvalue weighted by molar-refractivity contribution is -0.156. The second kappa shape index (κ2) is 6.56. The van der Waals surface area contributed by atoms with Crippen molar-refractivity contribution in [2.24, 2.45) is 17.2 Å². The summed E-state index contributed by atoms with van der Waals surface area (Å²) in [7, 11) is 0. The molecule has 0 radical (unpaired) electrons. The van der Waals surface area contributed by atoms with Crippen LogP contribution in [0.3, 0.4) is 0 Å². The minimum absolute atomic E-state index is 0.422. The Kier molecular flexibility index (Phi) is 6.12. The molecule has 0 rings (SSSR count). The molecule has 0 aromatic rings. The number of hydrogen-bond acceptors (Lipinski definition) is 5. The molecule has 0 aromatic carbocycles. The van der Waals surface area contributed by atoms with Crippen molar-refractivity contribution in [3.63, 3.8) is 0 Å². The molecule has 0 heterocycles. The van der Waals surface area contributed by atoms with Crippen LogP contribution in [-0.2, 0) is 14.3 Å². The molecule has 0 fully saturated rings. The second-order valence-corrected chi connectivity index (χ2v) is 5.08. The van der Waals surface area contributed by atoms with Gasteiger partial charge in [-0.05, 0) is 40.0 Å². The van der Waals surface area contributed by atoms with Crippen molar-refractivity contribution in [1.82, 2.24) is 0 Å². The van der Waals surface area contributed by atoms with Gasteiger partial charge in [0.15, 0.2) is 0 Å². The molecule has 0 saturated heterocycles. The van der Waals surface area contributed by atoms with Gasteiger partial charge >= 0.3 is 5.97 Å². The SMILES string of the molecule is CC(C)(C)OC(=O)C(N)CCC[C@H](N)C(N)=O. The standard InChI is InChI=1S/C11H23N3O3/c1-11(2,3)17-10(16)8(13)6-4-5-7(12)9(14)15/h7-8H,4-6,12-13H2,1-3H3,(H2,14,15)/t7-,8?/m0/s1. The van der Waals surface area contributed by atoms with E-state index in [0.29, 0.717) is 19.3 Å². The quantitative estimate of drug-likeness (QED) is 0.551. The number of rotatable bonds is 6. The summed E-state index contributed by atoms with van der Waals surface area (Å²) in [6, 6.07) is -1.37. The minimum atomic E-state index is -0.686. The van der Waals surface area contributed by atoms with E-state index >= 15 is 0 Å². The van der Waals surface area contributed by atoms with Gasteiger partial charge in [-0.3, -0.25) is 9.59 Å². The summed E-state index contributed by atoms with van der Waals surface area (Å²) >= 11 is 0. The fraction of sp³-hybridized carbons (Fsp3) is 0.818. The first-order chi connectivity index (χ1) is 7.63. The van der Waals surface area contributed by atoms with Crippen LogP contribution in [0.4, 0.5) is 0 Å². The van der Waals surface area contributed by atoms with Crippen molar-refractivity contribution in [3.05, 3.63) is 0 Å². The summed E-state index contributed by atoms with van der Waals surface area (Å²) in [6.07, 6.45) is 1.41. The third-order valence-electron chi connectivity index (χ3n) is 2.11. The molecule has 100 valence electrons. The minimum Gasteiger partial charge on any atom is -0.459 e. The van der Waals surface area contributed by atoms with Crippen LogP contribution in [0.5, 0.6) is 0 Å². The molecule has 0 aliphatic carbocycles. The maximum absolute atomic E-state index is 11.5. The number of carbonyl (C=O) groups excluding carboxylic acids is 2. The van der Waals surface area contributed by atoms with Crippen LogP contribution in [0.15, 0.2) is 0 Å². The van der Waals surface area contributed by atoms with E-state index in [1.165, 1.54) is 0 Å². The average Bonchev–Trinajstić information content (AvgIpc) is 2.14. The molecule has 0 bridgehead atoms. The molecule has 2 atom stereocenters. The Hall–Kier alpha value is -1.14. The van der Waals surface area contributed by atoms with Crippen LogP contribution in [-0.4, -0.2) is 29.6 Å². The second-order valence-electron chi connectivity index (χ2n) is 5.08. The van der Waals surface area contributed by atoms with Crippen LogP contribution in [0.2, 0.25) is 0 Å². The molecule has 0 aliphatic rings. The third-order valence-corrected chi connectivity index (χ3v) is 2.11. The summed E-state index contributed by atoms with van der Waals surface area (Å²) in [4.78, 5) is 22.2. The van der Waals surface area contributed by atoms with Crippen molar-refractivity contribution < 1.29 is 14.3 Å². The van der Waals surface area contributed by atoms with Crippen molar-refractivity contribution in [2.75, 3.05) is 0 Å². The number of amides is 1. The van der Waals surface area contributed by atoms with Crippen LogP contribution >= 0.6 is 0 Å². The van der Waals surface area contributed by atoms with Gasteiger partial charge in [0.2, 0.25) is 5.91 Å². The van der Waals surface area contributed by atoms with E-state index in [4.69, 9.17) is 21.9 Å². The van der Waals surface area contributed by atoms with Gasteiger partial charge in [0.25, 0.3) is 0 Å². The van der Waals surface area contributed by atoms with Gasteiger partial charge in [-0.1, -0.05) is 0 Å². The molecule has 0 spiro atoms. The van der Waals surface area contributed by atoms with Crippen molar-refractivity contribution in [1.29, 1.82) is 0 Å². The topological polar surface area (TPSA) is 121 Å². The lowest BCUT2D eigenvalue weighted by atomic mass is 10.1. The molecule has 6 N–H and O–H groups in total. The van der Waals surface area contributed by atoms with Crippen LogP contribution in [0.1, 0.15) is 40.0 Å². The Labute approximate surface area is 102 Å². The van der Waals surface area contributed by atoms with E-state index in [9.17, 15) is 9.59 Å². The normalized spacial score (nSPS) is 15.1. The van der Waals surface area contributed by atoms with Gasteiger partial charge in [-0.15, -0.1) is 0 Å². The number of esters is 1. The van der Waals surface area contributed by atoms with E-state index in [2.05, 4.69) is 0 Å². The lowest BCUT2D eigenvalue weighted by Crippen LogP contribution is -2.39. The maximum atomic E-state index is 11.5. The van der Waals surface area contributed by atoms with Crippen molar-refractivity contribution in [3.8, 4) is 0 Å². The number of hydrogen-bond donors (Lipinski definition) is 3. The van der Waals surface area contributed by atoms with Gasteiger partial charge < -0.3 is 21.9 Å². The molecule has 0 aliphatic heterocycles. The first-order valence-corrected chi connectivity index (χ1v) is 5.67. The van der Waals surface area contributed by atoms with Crippen molar-refractivity contribution >= 4 is 11.9 Å². The fourth-order valence-electron chi connectivity index (χ4n) is 1.20. The highest BCUT2D eigenvalue weighted by molar-refractivity contribution is 5.79. The predicted octanol–water partition coefficient (Wildman–Crippen LogP) is -0.362. The van der Waals surface area contributed by atoms with Gasteiger partial charge in [-0.25, -0.2) is 0 Å². The molecule has 17 heavy (non-hydrogen) atoms. The van der Waals surface area contributed by atoms with Crippen LogP contribution in [0, 0.1) is 0 Å². The number of carbonyl (C=O) groups is 2. The number of ether oxygens (including phenoxy) is 1. The number of primary amides is 1. The Morgan fingerprint density at radius 2 is 1.59 bits per heavy atom. The van der Waals surface area contributed by atoms with Crippen LogP contribution < -0.4 is 17.2 Å². The zero-order valence-corrected chi connectivity index (χ0v) is 10.7. The Balaban J connectivity index is 3.90. The first-order valence-electron chi connectivity index (χ1n) is 5.67. The first kappa shape index (κ1) is 15.9. The molecular formula is C11H23N3O3. The summed E-state index contributed by atoms with van der Waals surface area (Å²) in [5.74, 6) is -0.985. The summed E-state index contributed by atoms with van der Waals surface area (Å²) < 4.78 is 5.12. The average molecular weight is 245 g/mol. The zero-order chi connectivity index (χ0) is 13.6. The largest absolute Gasteiger partial charge is 0.459 e. The number of nitrogens with two attached hydrogens (primary N) is 3. The highest BCUT2D eigenvalue weighted by Gasteiger charge is 2.22. The van der Waals surface area contributed by atoms with E-state index in [1.54, 1.807) is 20.8 Å².